The minimum Gasteiger partial charge on any atom is -0.496 e. The van der Waals surface area contributed by atoms with Crippen molar-refractivity contribution < 1.29 is 106 Å². The first kappa shape index (κ1) is 37.1. The molecule has 350 valence electrons. The number of rotatable bonds is 20. The summed E-state index contributed by atoms with van der Waals surface area (Å²) in [7, 11) is 1.55. The van der Waals surface area contributed by atoms with Gasteiger partial charge >= 0.3 is 0 Å². The van der Waals surface area contributed by atoms with Crippen LogP contribution in [-0.2, 0) is 32.0 Å². The van der Waals surface area contributed by atoms with Crippen molar-refractivity contribution in [3.05, 3.63) is 177 Å². The number of aliphatic hydroxyl groups is 1. The number of ketones is 1. The Kier molecular flexibility index (Phi) is 18.8. The predicted molar refractivity (Wildman–Crippen MR) is 302 cm³/mol. The monoisotopic (exact) mass is 731 g/mol. The molecule has 1 aliphatic carbocycles. The minimum absolute atomic E-state index is 0. The fraction of sp³-hybridized carbons (Fsp3) is 0.225. The highest BCUT2D eigenvalue weighted by Crippen LogP contribution is 2.33. The summed E-state index contributed by atoms with van der Waals surface area (Å²) in [6.45, 7) is 10.8. The van der Waals surface area contributed by atoms with E-state index in [1.54, 1.807) is 74.5 Å². The van der Waals surface area contributed by atoms with Crippen LogP contribution in [0.5, 0.6) is 5.75 Å². The van der Waals surface area contributed by atoms with Crippen molar-refractivity contribution in [2.45, 2.75) is 44.2 Å². The van der Waals surface area contributed by atoms with Gasteiger partial charge in [-0.05, 0) is 42.7 Å². The van der Waals surface area contributed by atoms with Crippen LogP contribution in [0, 0.1) is 5.92 Å². The Morgan fingerprint density at radius 1 is 0.739 bits per heavy atom. The fourth-order valence-electron chi connectivity index (χ4n) is 4.62. The summed E-state index contributed by atoms with van der Waals surface area (Å²) < 4.78 is 24.0. The molecule has 1 fully saturated rings. The lowest BCUT2D eigenvalue weighted by Gasteiger charge is -2.39. The molecule has 1 N–H and O–H groups in total. The molecule has 0 heterocycles. The SMILES string of the molecule is C=C/C=C/C=C/C=C/OC1CC(C(=O)Cc2ccc(CO)c(OC)c2)CC(O/C=C/C=C/C=C/C=C)C1O/C=C/C=C/C=C/C=C.[HH].[HH].[HH].[HH].[HH].[HH].[HH].[HH].[HH].[HH].[HH].[HH].[HH].[HH].[HH].[HH].[HH].[HH].[HH].[HH].[HH].[HH].[HH].[HH].[HH].[HH].[HH].[HH].[HH].[HH].[HH].[HH].[HH].[HH].[HH].[HH].[HH].[HH].[HH].[HH].[HH].[HH].[HH].[HH].[HH].[HH].[HH].[HH].[HH].[HH].[HH].[HH].[HH].[HH]. The van der Waals surface area contributed by atoms with Crippen molar-refractivity contribution in [3.63, 3.8) is 0 Å². The first-order valence-electron chi connectivity index (χ1n) is 15.2. The van der Waals surface area contributed by atoms with Gasteiger partial charge in [0.1, 0.15) is 23.7 Å². The molecule has 46 heavy (non-hydrogen) atoms. The topological polar surface area (TPSA) is 74.2 Å². The molecule has 0 bridgehead atoms. The highest BCUT2D eigenvalue weighted by atomic mass is 16.6. The Bertz CT molecular complexity index is 1420. The van der Waals surface area contributed by atoms with E-state index in [0.717, 1.165) is 5.56 Å². The van der Waals surface area contributed by atoms with Crippen molar-refractivity contribution in [2.24, 2.45) is 5.92 Å². The van der Waals surface area contributed by atoms with Gasteiger partial charge < -0.3 is 24.1 Å². The second kappa shape index (κ2) is 23.3. The lowest BCUT2D eigenvalue weighted by atomic mass is 9.79. The van der Waals surface area contributed by atoms with E-state index in [2.05, 4.69) is 19.7 Å². The molecule has 1 saturated carbocycles. The van der Waals surface area contributed by atoms with Gasteiger partial charge in [0.2, 0.25) is 0 Å². The van der Waals surface area contributed by atoms with Gasteiger partial charge in [-0.25, -0.2) is 0 Å². The molecule has 0 aliphatic heterocycles. The van der Waals surface area contributed by atoms with Gasteiger partial charge in [-0.3, -0.25) is 4.79 Å². The van der Waals surface area contributed by atoms with E-state index >= 15 is 0 Å². The Balaban J connectivity index is -0.00000000802. The second-order valence-electron chi connectivity index (χ2n) is 10.1. The number of hydrogen-bond donors (Lipinski definition) is 1. The van der Waals surface area contributed by atoms with E-state index in [1.807, 2.05) is 79.0 Å². The molecule has 2 unspecified atom stereocenters. The smallest absolute Gasteiger partial charge is 0.171 e. The van der Waals surface area contributed by atoms with Crippen LogP contribution in [0.4, 0.5) is 0 Å². The Morgan fingerprint density at radius 2 is 1.20 bits per heavy atom. The third-order valence-corrected chi connectivity index (χ3v) is 6.84. The van der Waals surface area contributed by atoms with Gasteiger partial charge in [0.25, 0.3) is 0 Å². The summed E-state index contributed by atoms with van der Waals surface area (Å²) in [6, 6.07) is 5.43. The van der Waals surface area contributed by atoms with Crippen LogP contribution in [0.25, 0.3) is 0 Å². The zero-order valence-electron chi connectivity index (χ0n) is 26.6. The molecule has 6 nitrogen and oxygen atoms in total. The average molecular weight is 732 g/mol. The number of ether oxygens (including phenoxy) is 4. The van der Waals surface area contributed by atoms with Crippen LogP contribution in [0.1, 0.15) is 101 Å². The minimum atomic E-state index is -0.495. The maximum absolute atomic E-state index is 13.7. The molecule has 2 rings (SSSR count). The summed E-state index contributed by atoms with van der Waals surface area (Å²) in [5, 5.41) is 9.59. The maximum atomic E-state index is 13.7. The summed E-state index contributed by atoms with van der Waals surface area (Å²) in [6.07, 6.45) is 37.1. The van der Waals surface area contributed by atoms with Crippen LogP contribution in [0.2, 0.25) is 0 Å². The van der Waals surface area contributed by atoms with E-state index in [1.165, 1.54) is 0 Å². The van der Waals surface area contributed by atoms with E-state index in [-0.39, 0.29) is 102 Å². The van der Waals surface area contributed by atoms with Crippen molar-refractivity contribution >= 4 is 5.78 Å². The molecular weight excluding hydrogens is 576 g/mol. The zero-order valence-corrected chi connectivity index (χ0v) is 26.6. The molecule has 0 spiro atoms. The van der Waals surface area contributed by atoms with Crippen molar-refractivity contribution in [3.8, 4) is 5.75 Å². The molecule has 1 aliphatic rings. The highest BCUT2D eigenvalue weighted by molar-refractivity contribution is 5.83. The second-order valence-corrected chi connectivity index (χ2v) is 10.1. The lowest BCUT2D eigenvalue weighted by molar-refractivity contribution is -0.138. The summed E-state index contributed by atoms with van der Waals surface area (Å²) in [5.74, 6) is 0.268. The first-order valence-corrected chi connectivity index (χ1v) is 15.2. The largest absolute Gasteiger partial charge is 0.496 e. The Labute approximate surface area is 354 Å². The first-order chi connectivity index (χ1) is 22.6. The summed E-state index contributed by atoms with van der Waals surface area (Å²) >= 11 is 0. The fourth-order valence-corrected chi connectivity index (χ4v) is 4.62. The van der Waals surface area contributed by atoms with E-state index in [0.29, 0.717) is 24.2 Å². The Hall–Kier alpha value is -5.07. The van der Waals surface area contributed by atoms with E-state index in [4.69, 9.17) is 18.9 Å². The molecule has 0 radical (unpaired) electrons. The number of benzene rings is 1. The van der Waals surface area contributed by atoms with E-state index < -0.39 is 18.3 Å². The standard InChI is InChI=1S/C40H46O6.54H2/c1-5-8-11-14-17-20-25-44-38-30-35(36(42)28-33-23-24-34(32-41)37(29-33)43-4)31-39(45-26-21-18-15-12-9-6-2)40(38)46-27-22-19-16-13-10-7-3;;;;;;;;;;;;;;;;;;;;;;;;;;;;;;;;;;;;;;;;;;;;;;;;;;;;;;/h5-27,29,35,38-41H,1-3,28,30-32H2,4H3;54*1H/b11-8+,12-9+,13-10+,17-14+,18-15+,19-16+,25-20+,26-21+,27-22+;;;;;;;;;;;;;;;;;;;;;;;;;;;;;;;;;;;;;;;;;;;;;;;;;;;;;;. The number of carbonyl (C=O) groups excluding carboxylic acids is 1. The lowest BCUT2D eigenvalue weighted by Crippen LogP contribution is -2.48. The van der Waals surface area contributed by atoms with Crippen LogP contribution < -0.4 is 4.74 Å². The number of allylic oxidation sites excluding steroid dienone is 18. The molecule has 2 atom stereocenters. The van der Waals surface area contributed by atoms with E-state index in [9.17, 15) is 9.90 Å². The third-order valence-electron chi connectivity index (χ3n) is 6.84. The van der Waals surface area contributed by atoms with Crippen LogP contribution in [0.3, 0.4) is 0 Å². The van der Waals surface area contributed by atoms with Gasteiger partial charge in [-0.15, -0.1) is 0 Å². The molecule has 1 aromatic rings. The zero-order chi connectivity index (χ0) is 33.2. The van der Waals surface area contributed by atoms with Crippen LogP contribution in [-0.4, -0.2) is 36.3 Å². The predicted octanol–water partition coefficient (Wildman–Crippen LogP) is 21.6. The van der Waals surface area contributed by atoms with Gasteiger partial charge in [0.05, 0.1) is 32.5 Å². The number of methoxy groups -OCH3 is 1. The van der Waals surface area contributed by atoms with Gasteiger partial charge in [0.15, 0.2) is 6.10 Å². The van der Waals surface area contributed by atoms with Gasteiger partial charge in [0, 0.05) is 94.9 Å². The number of carbonyl (C=O) groups is 1. The third kappa shape index (κ3) is 14.1. The Morgan fingerprint density at radius 3 is 1.65 bits per heavy atom. The molecule has 0 aromatic heterocycles. The van der Waals surface area contributed by atoms with Gasteiger partial charge in [-0.1, -0.05) is 123 Å². The van der Waals surface area contributed by atoms with Crippen LogP contribution >= 0.6 is 0 Å². The normalized spacial score (nSPS) is 20.8. The van der Waals surface area contributed by atoms with Crippen LogP contribution in [0.15, 0.2) is 166 Å². The number of hydrogen-bond acceptors (Lipinski definition) is 6. The van der Waals surface area contributed by atoms with Crippen molar-refractivity contribution in [2.75, 3.05) is 7.11 Å². The molecule has 1 aromatic carbocycles. The number of aliphatic hydroxyl groups excluding tert-OH is 1. The maximum Gasteiger partial charge on any atom is 0.171 e. The summed E-state index contributed by atoms with van der Waals surface area (Å²) in [5.41, 5.74) is 1.47. The highest BCUT2D eigenvalue weighted by Gasteiger charge is 2.43. The quantitative estimate of drug-likeness (QED) is 0.106. The molecule has 6 heteroatoms. The van der Waals surface area contributed by atoms with Gasteiger partial charge in [-0.2, -0.15) is 0 Å². The summed E-state index contributed by atoms with van der Waals surface area (Å²) in [4.78, 5) is 13.7. The number of Topliss-reactive ketones (excluding diaryl/α,β-unsaturated/α-hetero) is 1. The molecule has 0 amide bonds. The van der Waals surface area contributed by atoms with Crippen molar-refractivity contribution in [1.29, 1.82) is 0 Å². The average Bonchev–Trinajstić information content (AvgIpc) is 3.07. The van der Waals surface area contributed by atoms with Crippen molar-refractivity contribution in [1.82, 2.24) is 0 Å². The molecule has 0 saturated heterocycles. The molecular formula is C40H154O6.